The van der Waals surface area contributed by atoms with Gasteiger partial charge in [0.1, 0.15) is 10.6 Å². The number of halogens is 1. The second-order valence-electron chi connectivity index (χ2n) is 5.16. The minimum Gasteiger partial charge on any atom is -0.455 e. The zero-order valence-electron chi connectivity index (χ0n) is 13.2. The molecule has 0 saturated heterocycles. The summed E-state index contributed by atoms with van der Waals surface area (Å²) in [5.41, 5.74) is 1.23. The van der Waals surface area contributed by atoms with Crippen LogP contribution in [-0.2, 0) is 0 Å². The second-order valence-corrected chi connectivity index (χ2v) is 6.80. The van der Waals surface area contributed by atoms with Crippen LogP contribution in [0.4, 0.5) is 5.69 Å². The van der Waals surface area contributed by atoms with Gasteiger partial charge in [-0.05, 0) is 44.2 Å². The molecule has 0 aliphatic rings. The summed E-state index contributed by atoms with van der Waals surface area (Å²) in [6.45, 7) is 3.69. The summed E-state index contributed by atoms with van der Waals surface area (Å²) >= 11 is 7.43. The van der Waals surface area contributed by atoms with Gasteiger partial charge >= 0.3 is 0 Å². The molecule has 1 N–H and O–H groups in total. The molecule has 4 nitrogen and oxygen atoms in total. The molecule has 1 heterocycles. The number of aryl methyl sites for hydroxylation is 2. The number of carbonyl (C=O) groups is 1. The molecule has 2 aromatic carbocycles. The Labute approximate surface area is 149 Å². The van der Waals surface area contributed by atoms with E-state index in [1.54, 1.807) is 18.2 Å². The number of thiazole rings is 1. The fourth-order valence-corrected chi connectivity index (χ4v) is 3.21. The number of carbonyl (C=O) groups excluding carboxylic acids is 1. The van der Waals surface area contributed by atoms with Crippen LogP contribution in [-0.4, -0.2) is 10.9 Å². The molecule has 0 fully saturated rings. The van der Waals surface area contributed by atoms with Gasteiger partial charge in [-0.1, -0.05) is 29.8 Å². The first-order chi connectivity index (χ1) is 11.5. The molecule has 122 valence electrons. The molecule has 0 bridgehead atoms. The summed E-state index contributed by atoms with van der Waals surface area (Å²) in [4.78, 5) is 17.4. The molecule has 0 spiro atoms. The minimum atomic E-state index is -0.224. The number of para-hydroxylation sites is 1. The zero-order valence-corrected chi connectivity index (χ0v) is 14.7. The third kappa shape index (κ3) is 3.75. The lowest BCUT2D eigenvalue weighted by atomic mass is 10.2. The van der Waals surface area contributed by atoms with E-state index in [0.717, 1.165) is 5.01 Å². The fourth-order valence-electron chi connectivity index (χ4n) is 2.23. The smallest absolute Gasteiger partial charge is 0.267 e. The van der Waals surface area contributed by atoms with Crippen LogP contribution in [0.1, 0.15) is 20.4 Å². The number of nitrogens with one attached hydrogen (secondary N) is 1. The number of rotatable bonds is 4. The number of hydrogen-bond donors (Lipinski definition) is 1. The Hall–Kier alpha value is -2.37. The van der Waals surface area contributed by atoms with Crippen LogP contribution in [0.5, 0.6) is 11.5 Å². The van der Waals surface area contributed by atoms with Crippen LogP contribution in [0.25, 0.3) is 0 Å². The average Bonchev–Trinajstić information content (AvgIpc) is 2.90. The summed E-state index contributed by atoms with van der Waals surface area (Å²) in [6, 6.07) is 14.5. The van der Waals surface area contributed by atoms with E-state index in [0.29, 0.717) is 32.8 Å². The van der Waals surface area contributed by atoms with Crippen molar-refractivity contribution < 1.29 is 9.53 Å². The number of aromatic nitrogens is 1. The first-order valence-electron chi connectivity index (χ1n) is 7.31. The number of anilines is 1. The topological polar surface area (TPSA) is 51.2 Å². The maximum Gasteiger partial charge on any atom is 0.267 e. The van der Waals surface area contributed by atoms with Gasteiger partial charge in [0.2, 0.25) is 0 Å². The van der Waals surface area contributed by atoms with Gasteiger partial charge in [0, 0.05) is 5.02 Å². The van der Waals surface area contributed by atoms with Crippen LogP contribution < -0.4 is 10.1 Å². The van der Waals surface area contributed by atoms with E-state index < -0.39 is 0 Å². The van der Waals surface area contributed by atoms with E-state index in [1.165, 1.54) is 11.3 Å². The van der Waals surface area contributed by atoms with E-state index >= 15 is 0 Å². The highest BCUT2D eigenvalue weighted by molar-refractivity contribution is 7.13. The third-order valence-electron chi connectivity index (χ3n) is 3.27. The van der Waals surface area contributed by atoms with Gasteiger partial charge in [0.15, 0.2) is 5.75 Å². The van der Waals surface area contributed by atoms with Crippen molar-refractivity contribution in [2.24, 2.45) is 0 Å². The van der Waals surface area contributed by atoms with Crippen LogP contribution in [0.15, 0.2) is 48.5 Å². The standard InChI is InChI=1S/C18H15ClN2O2S/c1-11-17(24-12(2)20-11)18(22)21-15-10-13(19)8-9-16(15)23-14-6-4-3-5-7-14/h3-10H,1-2H3,(H,21,22). The fraction of sp³-hybridized carbons (Fsp3) is 0.111. The van der Waals surface area contributed by atoms with Crippen molar-refractivity contribution in [3.05, 3.63) is 69.1 Å². The minimum absolute atomic E-state index is 0.224. The third-order valence-corrected chi connectivity index (χ3v) is 4.58. The lowest BCUT2D eigenvalue weighted by Gasteiger charge is -2.12. The summed E-state index contributed by atoms with van der Waals surface area (Å²) in [5.74, 6) is 0.983. The molecule has 3 rings (SSSR count). The average molecular weight is 359 g/mol. The molecular formula is C18H15ClN2O2S. The number of nitrogens with zero attached hydrogens (tertiary/aromatic N) is 1. The maximum absolute atomic E-state index is 12.5. The molecule has 0 unspecified atom stereocenters. The van der Waals surface area contributed by atoms with Crippen molar-refractivity contribution in [3.63, 3.8) is 0 Å². The van der Waals surface area contributed by atoms with E-state index in [-0.39, 0.29) is 5.91 Å². The second kappa shape index (κ2) is 7.03. The Morgan fingerprint density at radius 1 is 1.17 bits per heavy atom. The van der Waals surface area contributed by atoms with Crippen molar-refractivity contribution in [1.82, 2.24) is 4.98 Å². The molecule has 0 aliphatic carbocycles. The zero-order chi connectivity index (χ0) is 17.1. The monoisotopic (exact) mass is 358 g/mol. The SMILES string of the molecule is Cc1nc(C)c(C(=O)Nc2cc(Cl)ccc2Oc2ccccc2)s1. The van der Waals surface area contributed by atoms with Crippen molar-refractivity contribution in [3.8, 4) is 11.5 Å². The molecular weight excluding hydrogens is 344 g/mol. The van der Waals surface area contributed by atoms with Crippen molar-refractivity contribution in [2.45, 2.75) is 13.8 Å². The van der Waals surface area contributed by atoms with Gasteiger partial charge in [0.25, 0.3) is 5.91 Å². The van der Waals surface area contributed by atoms with Gasteiger partial charge in [-0.3, -0.25) is 4.79 Å². The number of benzene rings is 2. The van der Waals surface area contributed by atoms with Crippen molar-refractivity contribution in [1.29, 1.82) is 0 Å². The normalized spacial score (nSPS) is 10.5. The Morgan fingerprint density at radius 2 is 1.92 bits per heavy atom. The van der Waals surface area contributed by atoms with Crippen LogP contribution in [0, 0.1) is 13.8 Å². The molecule has 3 aromatic rings. The molecule has 24 heavy (non-hydrogen) atoms. The van der Waals surface area contributed by atoms with E-state index in [1.807, 2.05) is 44.2 Å². The van der Waals surface area contributed by atoms with Crippen LogP contribution >= 0.6 is 22.9 Å². The van der Waals surface area contributed by atoms with Gasteiger partial charge in [-0.2, -0.15) is 0 Å². The summed E-state index contributed by atoms with van der Waals surface area (Å²) in [5, 5.41) is 4.23. The predicted molar refractivity (Wildman–Crippen MR) is 97.5 cm³/mol. The maximum atomic E-state index is 12.5. The number of ether oxygens (including phenoxy) is 1. The van der Waals surface area contributed by atoms with Gasteiger partial charge < -0.3 is 10.1 Å². The largest absolute Gasteiger partial charge is 0.455 e. The predicted octanol–water partition coefficient (Wildman–Crippen LogP) is 5.46. The van der Waals surface area contributed by atoms with Crippen LogP contribution in [0.3, 0.4) is 0 Å². The summed E-state index contributed by atoms with van der Waals surface area (Å²) < 4.78 is 5.85. The Balaban J connectivity index is 1.88. The Bertz CT molecular complexity index is 878. The molecule has 0 aliphatic heterocycles. The van der Waals surface area contributed by atoms with Gasteiger partial charge in [-0.15, -0.1) is 11.3 Å². The van der Waals surface area contributed by atoms with Crippen molar-refractivity contribution >= 4 is 34.5 Å². The molecule has 0 atom stereocenters. The lowest BCUT2D eigenvalue weighted by Crippen LogP contribution is -2.12. The highest BCUT2D eigenvalue weighted by atomic mass is 35.5. The van der Waals surface area contributed by atoms with E-state index in [9.17, 15) is 4.79 Å². The highest BCUT2D eigenvalue weighted by Crippen LogP contribution is 2.32. The highest BCUT2D eigenvalue weighted by Gasteiger charge is 2.16. The van der Waals surface area contributed by atoms with Crippen molar-refractivity contribution in [2.75, 3.05) is 5.32 Å². The molecule has 1 amide bonds. The number of hydrogen-bond acceptors (Lipinski definition) is 4. The van der Waals surface area contributed by atoms with E-state index in [4.69, 9.17) is 16.3 Å². The summed E-state index contributed by atoms with van der Waals surface area (Å²) in [6.07, 6.45) is 0. The molecule has 0 radical (unpaired) electrons. The quantitative estimate of drug-likeness (QED) is 0.673. The molecule has 6 heteroatoms. The summed E-state index contributed by atoms with van der Waals surface area (Å²) in [7, 11) is 0. The number of amides is 1. The Kier molecular flexibility index (Phi) is 4.83. The van der Waals surface area contributed by atoms with Gasteiger partial charge in [0.05, 0.1) is 16.4 Å². The van der Waals surface area contributed by atoms with E-state index in [2.05, 4.69) is 10.3 Å². The van der Waals surface area contributed by atoms with Crippen LogP contribution in [0.2, 0.25) is 5.02 Å². The molecule has 0 saturated carbocycles. The molecule has 1 aromatic heterocycles. The Morgan fingerprint density at radius 3 is 2.58 bits per heavy atom. The first-order valence-corrected chi connectivity index (χ1v) is 8.50. The lowest BCUT2D eigenvalue weighted by molar-refractivity contribution is 0.102. The van der Waals surface area contributed by atoms with Gasteiger partial charge in [-0.25, -0.2) is 4.98 Å². The first kappa shape index (κ1) is 16.5.